The predicted octanol–water partition coefficient (Wildman–Crippen LogP) is 0.374. The Morgan fingerprint density at radius 3 is 2.63 bits per heavy atom. The van der Waals surface area contributed by atoms with Gasteiger partial charge in [0.25, 0.3) is 0 Å². The number of methoxy groups -OCH3 is 1. The van der Waals surface area contributed by atoms with Crippen LogP contribution in [0.4, 0.5) is 11.5 Å². The van der Waals surface area contributed by atoms with Crippen LogP contribution in [-0.4, -0.2) is 30.5 Å². The molecule has 1 rings (SSSR count). The molecule has 0 aliphatic carbocycles. The maximum absolute atomic E-state index is 11.5. The molecule has 0 aliphatic heterocycles. The van der Waals surface area contributed by atoms with Crippen molar-refractivity contribution in [3.8, 4) is 0 Å². The van der Waals surface area contributed by atoms with Crippen molar-refractivity contribution >= 4 is 23.4 Å². The molecule has 0 bridgehead atoms. The van der Waals surface area contributed by atoms with Gasteiger partial charge >= 0.3 is 5.97 Å². The lowest BCUT2D eigenvalue weighted by Crippen LogP contribution is -2.37. The van der Waals surface area contributed by atoms with E-state index in [2.05, 4.69) is 15.0 Å². The van der Waals surface area contributed by atoms with Crippen LogP contribution in [0.25, 0.3) is 0 Å². The van der Waals surface area contributed by atoms with Crippen molar-refractivity contribution in [2.75, 3.05) is 24.7 Å². The number of anilines is 2. The van der Waals surface area contributed by atoms with E-state index >= 15 is 0 Å². The minimum Gasteiger partial charge on any atom is -0.465 e. The third kappa shape index (κ3) is 3.34. The number of nitrogens with two attached hydrogens (primary N) is 2. The lowest BCUT2D eigenvalue weighted by atomic mass is 9.93. The van der Waals surface area contributed by atoms with E-state index in [-0.39, 0.29) is 17.8 Å². The number of primary amides is 1. The van der Waals surface area contributed by atoms with Crippen LogP contribution < -0.4 is 16.8 Å². The molecular weight excluding hydrogens is 248 g/mol. The Morgan fingerprint density at radius 2 is 2.11 bits per heavy atom. The molecule has 1 aromatic rings. The standard InChI is InChI=1S/C12H18N4O3/c1-12(2,11(14)18)6-16-9-8(13)7(4-5-15-9)10(17)19-3/h4-5H,6,13H2,1-3H3,(H2,14,18)(H,15,16). The summed E-state index contributed by atoms with van der Waals surface area (Å²) in [5.74, 6) is -0.669. The van der Waals surface area contributed by atoms with Crippen molar-refractivity contribution in [3.63, 3.8) is 0 Å². The van der Waals surface area contributed by atoms with E-state index in [1.807, 2.05) is 0 Å². The number of amides is 1. The minimum absolute atomic E-state index is 0.176. The number of nitrogens with one attached hydrogen (secondary N) is 1. The SMILES string of the molecule is COC(=O)c1ccnc(NCC(C)(C)C(N)=O)c1N. The van der Waals surface area contributed by atoms with Crippen molar-refractivity contribution < 1.29 is 14.3 Å². The van der Waals surface area contributed by atoms with E-state index in [0.29, 0.717) is 5.82 Å². The Morgan fingerprint density at radius 1 is 1.47 bits per heavy atom. The number of hydrogen-bond acceptors (Lipinski definition) is 6. The van der Waals surface area contributed by atoms with Gasteiger partial charge in [-0.2, -0.15) is 0 Å². The highest BCUT2D eigenvalue weighted by molar-refractivity contribution is 5.97. The zero-order chi connectivity index (χ0) is 14.6. The number of nitrogen functional groups attached to an aromatic ring is 1. The van der Waals surface area contributed by atoms with E-state index in [4.69, 9.17) is 11.5 Å². The van der Waals surface area contributed by atoms with Crippen molar-refractivity contribution in [2.45, 2.75) is 13.8 Å². The van der Waals surface area contributed by atoms with Crippen LogP contribution in [0, 0.1) is 5.41 Å². The summed E-state index contributed by atoms with van der Waals surface area (Å²) in [6, 6.07) is 1.46. The summed E-state index contributed by atoms with van der Waals surface area (Å²) in [5, 5.41) is 2.91. The predicted molar refractivity (Wildman–Crippen MR) is 71.5 cm³/mol. The van der Waals surface area contributed by atoms with Gasteiger partial charge in [-0.3, -0.25) is 4.79 Å². The first-order valence-corrected chi connectivity index (χ1v) is 5.66. The molecule has 1 aromatic heterocycles. The van der Waals surface area contributed by atoms with Gasteiger partial charge in [0.2, 0.25) is 5.91 Å². The number of esters is 1. The summed E-state index contributed by atoms with van der Waals surface area (Å²) >= 11 is 0. The molecule has 0 atom stereocenters. The zero-order valence-corrected chi connectivity index (χ0v) is 11.2. The molecule has 1 heterocycles. The van der Waals surface area contributed by atoms with Gasteiger partial charge in [0.15, 0.2) is 0 Å². The van der Waals surface area contributed by atoms with Gasteiger partial charge in [-0.15, -0.1) is 0 Å². The van der Waals surface area contributed by atoms with Crippen LogP contribution in [0.3, 0.4) is 0 Å². The average Bonchev–Trinajstić information content (AvgIpc) is 2.36. The summed E-state index contributed by atoms with van der Waals surface area (Å²) in [4.78, 5) is 26.7. The van der Waals surface area contributed by atoms with Gasteiger partial charge in [0.05, 0.1) is 23.8 Å². The second kappa shape index (κ2) is 5.55. The maximum Gasteiger partial charge on any atom is 0.340 e. The first-order valence-electron chi connectivity index (χ1n) is 5.66. The van der Waals surface area contributed by atoms with Gasteiger partial charge in [-0.1, -0.05) is 0 Å². The third-order valence-corrected chi connectivity index (χ3v) is 2.76. The van der Waals surface area contributed by atoms with Crippen LogP contribution in [0.15, 0.2) is 12.3 Å². The largest absolute Gasteiger partial charge is 0.465 e. The van der Waals surface area contributed by atoms with Gasteiger partial charge in [-0.05, 0) is 19.9 Å². The number of rotatable bonds is 5. The lowest BCUT2D eigenvalue weighted by Gasteiger charge is -2.21. The molecule has 0 saturated heterocycles. The normalized spacial score (nSPS) is 10.9. The van der Waals surface area contributed by atoms with Gasteiger partial charge in [-0.25, -0.2) is 9.78 Å². The highest BCUT2D eigenvalue weighted by Crippen LogP contribution is 2.22. The van der Waals surface area contributed by atoms with E-state index in [1.165, 1.54) is 19.4 Å². The van der Waals surface area contributed by atoms with Crippen LogP contribution in [-0.2, 0) is 9.53 Å². The number of aromatic nitrogens is 1. The summed E-state index contributed by atoms with van der Waals surface area (Å²) in [6.07, 6.45) is 1.43. The van der Waals surface area contributed by atoms with E-state index in [9.17, 15) is 9.59 Å². The van der Waals surface area contributed by atoms with E-state index in [0.717, 1.165) is 0 Å². The lowest BCUT2D eigenvalue weighted by molar-refractivity contribution is -0.125. The van der Waals surface area contributed by atoms with Gasteiger partial charge in [0.1, 0.15) is 5.82 Å². The Bertz CT molecular complexity index is 500. The highest BCUT2D eigenvalue weighted by Gasteiger charge is 2.25. The van der Waals surface area contributed by atoms with Crippen LogP contribution >= 0.6 is 0 Å². The highest BCUT2D eigenvalue weighted by atomic mass is 16.5. The maximum atomic E-state index is 11.5. The molecule has 19 heavy (non-hydrogen) atoms. The fraction of sp³-hybridized carbons (Fsp3) is 0.417. The number of ether oxygens (including phenoxy) is 1. The Labute approximate surface area is 111 Å². The number of nitrogens with zero attached hydrogens (tertiary/aromatic N) is 1. The van der Waals surface area contributed by atoms with Crippen molar-refractivity contribution in [3.05, 3.63) is 17.8 Å². The fourth-order valence-corrected chi connectivity index (χ4v) is 1.29. The fourth-order valence-electron chi connectivity index (χ4n) is 1.29. The first-order chi connectivity index (χ1) is 8.79. The van der Waals surface area contributed by atoms with E-state index in [1.54, 1.807) is 13.8 Å². The number of hydrogen-bond donors (Lipinski definition) is 3. The first kappa shape index (κ1) is 14.7. The monoisotopic (exact) mass is 266 g/mol. The third-order valence-electron chi connectivity index (χ3n) is 2.76. The molecule has 104 valence electrons. The summed E-state index contributed by atoms with van der Waals surface area (Å²) < 4.78 is 4.61. The molecule has 0 radical (unpaired) electrons. The molecule has 0 fully saturated rings. The van der Waals surface area contributed by atoms with Crippen molar-refractivity contribution in [1.29, 1.82) is 0 Å². The van der Waals surface area contributed by atoms with Crippen LogP contribution in [0.1, 0.15) is 24.2 Å². The molecule has 5 N–H and O–H groups in total. The Kier molecular flexibility index (Phi) is 4.31. The molecule has 7 heteroatoms. The average molecular weight is 266 g/mol. The van der Waals surface area contributed by atoms with Gasteiger partial charge < -0.3 is 21.5 Å². The molecule has 0 spiro atoms. The molecule has 1 amide bonds. The number of carbonyl (C=O) groups excluding carboxylic acids is 2. The molecular formula is C12H18N4O3. The van der Waals surface area contributed by atoms with Crippen molar-refractivity contribution in [2.24, 2.45) is 11.1 Å². The molecule has 7 nitrogen and oxygen atoms in total. The summed E-state index contributed by atoms with van der Waals surface area (Å²) in [7, 11) is 1.27. The second-order valence-corrected chi connectivity index (χ2v) is 4.71. The zero-order valence-electron chi connectivity index (χ0n) is 11.2. The molecule has 0 aliphatic rings. The topological polar surface area (TPSA) is 120 Å². The van der Waals surface area contributed by atoms with Gasteiger partial charge in [0, 0.05) is 12.7 Å². The number of carbonyl (C=O) groups is 2. The smallest absolute Gasteiger partial charge is 0.340 e. The second-order valence-electron chi connectivity index (χ2n) is 4.71. The van der Waals surface area contributed by atoms with Crippen LogP contribution in [0.5, 0.6) is 0 Å². The van der Waals surface area contributed by atoms with E-state index < -0.39 is 17.3 Å². The molecule has 0 saturated carbocycles. The molecule has 0 unspecified atom stereocenters. The Hall–Kier alpha value is -2.31. The van der Waals surface area contributed by atoms with Crippen LogP contribution in [0.2, 0.25) is 0 Å². The van der Waals surface area contributed by atoms with Crippen molar-refractivity contribution in [1.82, 2.24) is 4.98 Å². The Balaban J connectivity index is 2.92. The summed E-state index contributed by atoms with van der Waals surface area (Å²) in [5.41, 5.74) is 10.7. The molecule has 0 aromatic carbocycles. The summed E-state index contributed by atoms with van der Waals surface area (Å²) in [6.45, 7) is 3.65. The number of pyridine rings is 1. The quantitative estimate of drug-likeness (QED) is 0.662. The minimum atomic E-state index is -0.755.